The van der Waals surface area contributed by atoms with E-state index in [-0.39, 0.29) is 64.9 Å². The number of carboxylic acid groups (broad SMARTS) is 1. The number of fused-ring (bicyclic) bond motifs is 15. The first kappa shape index (κ1) is 88.9. The summed E-state index contributed by atoms with van der Waals surface area (Å²) in [5, 5.41) is 138. The van der Waals surface area contributed by atoms with E-state index < -0.39 is 265 Å². The normalized spacial score (nSPS) is 26.4. The van der Waals surface area contributed by atoms with E-state index in [0.717, 1.165) is 84.9 Å². The van der Waals surface area contributed by atoms with Gasteiger partial charge in [-0.15, -0.1) is 0 Å². The summed E-state index contributed by atoms with van der Waals surface area (Å²) in [5.41, 5.74) is 0.289. The van der Waals surface area contributed by atoms with E-state index in [0.29, 0.717) is 0 Å². The summed E-state index contributed by atoms with van der Waals surface area (Å²) in [7, 11) is 1.46. The Hall–Kier alpha value is -11.4. The number of hydrogen-bond acceptors (Lipinski definition) is 28. The average molecular weight is 1740 g/mol. The number of aromatic hydroxyl groups is 3. The first-order valence-electron chi connectivity index (χ1n) is 37.6. The molecule has 2 fully saturated rings. The number of carbonyl (C=O) groups is 9. The van der Waals surface area contributed by atoms with Gasteiger partial charge in [0.1, 0.15) is 101 Å². The number of phenolic OH excluding ortho intramolecular Hbond substituents is 3. The zero-order valence-corrected chi connectivity index (χ0v) is 66.8. The number of nitrogens with two attached hydrogens (primary N) is 1. The molecule has 644 valence electrons. The number of aliphatic carboxylic acids is 1. The van der Waals surface area contributed by atoms with Crippen LogP contribution < -0.4 is 73.5 Å². The Kier molecular flexibility index (Phi) is 27.1. The highest BCUT2D eigenvalue weighted by Gasteiger charge is 2.52. The van der Waals surface area contributed by atoms with Crippen molar-refractivity contribution in [3.05, 3.63) is 174 Å². The van der Waals surface area contributed by atoms with Crippen LogP contribution in [-0.4, -0.2) is 213 Å². The number of aliphatic hydroxyl groups excluding tert-OH is 6. The SMILES string of the molecule is CN[C@H](CC(C)C)C(=O)N[C@H]1C(=O)N[C@@H](CC(N)=O)C(=O)NC2C(=O)N[C@H]3C(=O)N[C@H](C(=O)N[C@@H](C(=O)O)c4cc(O)cc(O)c4-c4cc3ccc4O)[C@H](O)c3ccc(c(Cl)c3)Oc3cc2cc(c3OC2O[C@H](CO)[C@@H](O)[C@H](O)[C@H]2O[C@H]2C[C@](C)(NCCn3ccc(NC(=O)c4cc(F)cc(Cl)c4)nc3=O)[C@H](O)[C@H](C)O2)Oc2ccc(cc2Cl)[C@H]1O. The number of nitrogens with one attached hydrogen (secondary N) is 9. The quantitative estimate of drug-likeness (QED) is 0.0551. The van der Waals surface area contributed by atoms with E-state index in [2.05, 4.69) is 52.8 Å². The number of aliphatic hydroxyl groups is 6. The molecule has 0 radical (unpaired) electrons. The van der Waals surface area contributed by atoms with Crippen LogP contribution in [0.15, 0.2) is 114 Å². The molecule has 11 bridgehead atoms. The topological polar surface area (TPSA) is 580 Å². The maximum atomic E-state index is 16.2. The van der Waals surface area contributed by atoms with Gasteiger partial charge in [-0.05, 0) is 134 Å². The van der Waals surface area contributed by atoms with E-state index in [9.17, 15) is 89.0 Å². The lowest BCUT2D eigenvalue weighted by Crippen LogP contribution is -2.65. The number of benzene rings is 6. The van der Waals surface area contributed by atoms with Crippen molar-refractivity contribution >= 4 is 93.8 Å². The van der Waals surface area contributed by atoms with Crippen LogP contribution in [0, 0.1) is 11.7 Å². The first-order valence-corrected chi connectivity index (χ1v) is 38.7. The summed E-state index contributed by atoms with van der Waals surface area (Å²) < 4.78 is 54.4. The summed E-state index contributed by atoms with van der Waals surface area (Å²) in [5.74, 6) is -18.4. The van der Waals surface area contributed by atoms with Gasteiger partial charge in [0.15, 0.2) is 29.9 Å². The summed E-state index contributed by atoms with van der Waals surface area (Å²) in [4.78, 5) is 148. The van der Waals surface area contributed by atoms with Crippen LogP contribution in [0.4, 0.5) is 10.2 Å². The van der Waals surface area contributed by atoms with Gasteiger partial charge in [0.05, 0.1) is 41.3 Å². The highest BCUT2D eigenvalue weighted by molar-refractivity contribution is 6.32. The number of carboxylic acids is 1. The summed E-state index contributed by atoms with van der Waals surface area (Å²) in [6.45, 7) is 5.42. The van der Waals surface area contributed by atoms with Gasteiger partial charge >= 0.3 is 11.7 Å². The molecule has 7 aliphatic rings. The van der Waals surface area contributed by atoms with Crippen LogP contribution in [0.5, 0.6) is 46.0 Å². The van der Waals surface area contributed by atoms with Crippen LogP contribution in [0.3, 0.4) is 0 Å². The molecule has 8 amide bonds. The number of anilines is 1. The zero-order chi connectivity index (χ0) is 87.7. The molecule has 14 rings (SSSR count). The van der Waals surface area contributed by atoms with Gasteiger partial charge in [0, 0.05) is 64.6 Å². The Labute approximate surface area is 700 Å². The zero-order valence-electron chi connectivity index (χ0n) is 64.5. The van der Waals surface area contributed by atoms with Gasteiger partial charge in [0.25, 0.3) is 5.91 Å². The van der Waals surface area contributed by atoms with E-state index in [1.54, 1.807) is 20.8 Å². The highest BCUT2D eigenvalue weighted by Crippen LogP contribution is 2.50. The van der Waals surface area contributed by atoms with Gasteiger partial charge in [-0.25, -0.2) is 14.0 Å². The third-order valence-electron chi connectivity index (χ3n) is 20.9. The minimum absolute atomic E-state index is 0.0562. The van der Waals surface area contributed by atoms with Gasteiger partial charge < -0.3 is 133 Å². The molecule has 121 heavy (non-hydrogen) atoms. The number of carbonyl (C=O) groups excluding carboxylic acids is 8. The molecule has 6 aromatic carbocycles. The maximum absolute atomic E-state index is 16.2. The third-order valence-corrected chi connectivity index (χ3v) is 21.7. The number of aromatic nitrogens is 2. The number of likely N-dealkylation sites (N-methyl/N-ethyl adjacent to an activating group) is 1. The largest absolute Gasteiger partial charge is 0.508 e. The van der Waals surface area contributed by atoms with Crippen LogP contribution >= 0.6 is 34.8 Å². The average Bonchev–Trinajstić information content (AvgIpc) is 0.766. The second-order valence-electron chi connectivity index (χ2n) is 30.0. The number of nitrogens with zero attached hydrogens (tertiary/aromatic N) is 2. The van der Waals surface area contributed by atoms with Gasteiger partial charge in [0.2, 0.25) is 53.4 Å². The maximum Gasteiger partial charge on any atom is 0.349 e. The van der Waals surface area contributed by atoms with Crippen molar-refractivity contribution in [2.75, 3.05) is 25.5 Å². The van der Waals surface area contributed by atoms with E-state index >= 15 is 14.4 Å². The summed E-state index contributed by atoms with van der Waals surface area (Å²) >= 11 is 20.2. The number of ether oxygens (including phenoxy) is 6. The molecule has 1 aromatic heterocycles. The van der Waals surface area contributed by atoms with Crippen molar-refractivity contribution in [1.82, 2.24) is 52.1 Å². The number of hydrogen-bond donors (Lipinski definition) is 20. The number of phenols is 3. The van der Waals surface area contributed by atoms with Crippen molar-refractivity contribution in [3.63, 3.8) is 0 Å². The highest BCUT2D eigenvalue weighted by atomic mass is 35.5. The Morgan fingerprint density at radius 1 is 0.727 bits per heavy atom. The summed E-state index contributed by atoms with van der Waals surface area (Å²) in [6, 6.07) is 3.18. The molecule has 2 saturated heterocycles. The van der Waals surface area contributed by atoms with E-state index in [4.69, 9.17) is 69.0 Å². The summed E-state index contributed by atoms with van der Waals surface area (Å²) in [6.07, 6.45) is -18.4. The lowest BCUT2D eigenvalue weighted by Gasteiger charge is -2.48. The van der Waals surface area contributed by atoms with Gasteiger partial charge in [-0.1, -0.05) is 66.8 Å². The van der Waals surface area contributed by atoms with Crippen LogP contribution in [0.2, 0.25) is 15.1 Å². The van der Waals surface area contributed by atoms with Gasteiger partial charge in [-0.3, -0.25) is 42.9 Å². The first-order chi connectivity index (χ1) is 57.3. The Morgan fingerprint density at radius 2 is 1.37 bits per heavy atom. The lowest BCUT2D eigenvalue weighted by molar-refractivity contribution is -0.334. The minimum atomic E-state index is -2.41. The van der Waals surface area contributed by atoms with Crippen molar-refractivity contribution < 1.29 is 127 Å². The van der Waals surface area contributed by atoms with E-state index in [1.807, 2.05) is 0 Å². The molecular formula is C79H84Cl3FN12O26. The fraction of sp³-hybridized carbons (Fsp3) is 0.380. The predicted molar refractivity (Wildman–Crippen MR) is 421 cm³/mol. The Balaban J connectivity index is 1.00. The van der Waals surface area contributed by atoms with Crippen molar-refractivity contribution in [3.8, 4) is 57.1 Å². The van der Waals surface area contributed by atoms with Gasteiger partial charge in [-0.2, -0.15) is 4.98 Å². The van der Waals surface area contributed by atoms with Crippen molar-refractivity contribution in [1.29, 1.82) is 0 Å². The van der Waals surface area contributed by atoms with Crippen LogP contribution in [-0.2, 0) is 59.1 Å². The van der Waals surface area contributed by atoms with Crippen molar-refractivity contribution in [2.24, 2.45) is 11.7 Å². The molecule has 38 nitrogen and oxygen atoms in total. The molecule has 0 saturated carbocycles. The fourth-order valence-electron chi connectivity index (χ4n) is 14.6. The Bertz CT molecular complexity index is 5270. The fourth-order valence-corrected chi connectivity index (χ4v) is 15.3. The molecule has 7 aromatic rings. The van der Waals surface area contributed by atoms with Crippen LogP contribution in [0.25, 0.3) is 11.1 Å². The number of rotatable bonds is 19. The third kappa shape index (κ3) is 19.6. The molecule has 18 atom stereocenters. The minimum Gasteiger partial charge on any atom is -0.508 e. The molecule has 0 spiro atoms. The molecule has 8 heterocycles. The number of primary amides is 1. The molecule has 42 heteroatoms. The molecule has 7 aliphatic heterocycles. The number of halogens is 4. The van der Waals surface area contributed by atoms with E-state index in [1.165, 1.54) is 42.9 Å². The molecule has 2 unspecified atom stereocenters. The molecule has 21 N–H and O–H groups in total. The predicted octanol–water partition coefficient (Wildman–Crippen LogP) is 2.04. The van der Waals surface area contributed by atoms with Crippen LogP contribution in [0.1, 0.15) is 115 Å². The Morgan fingerprint density at radius 3 is 1.99 bits per heavy atom. The second kappa shape index (κ2) is 36.9. The standard InChI is InChI=1S/C79H84Cl3FN12O26/c1-30(2)16-44(85-5)70(107)93-60-62(101)33-7-10-48(42(81)20-33)117-50-22-35-23-51(66(50)121-77-67(65(104)64(103)52(29-96)119-77)120-55-28-79(4,68(105)31(3)116-55)86-13-15-95-14-12-54(89-78(95)115)88-69(106)36-17-37(80)24-38(83)18-36)118-49-11-8-34(21-43(49)82)63(102)61-75(112)92-59(76(113)114)41-25-39(97)26-47(99)56(41)40-19-32(6-9-46(40)98)57(72(109)94-61)91-73(110)58(35)90-71(108)45(27-53(84)100)87-74(60)111/h6-12,14,17-26,30-31,44-45,52,55,57-65,67-68,77,85-86,96-99,101-105H,13,15-16,27-29H2,1-5H3,(H2,84,100)(H,87,111)(H,90,108)(H,91,110)(H,92,112)(H,93,107)(H,94,109)(H,113,114)(H,88,89,106,115)/t31-,44+,45-,52+,55-,57+,58?,59+,60+,61-,62+,63+,64+,65-,67+,68+,77?,79-/m0/s1. The number of amides is 8. The molecule has 0 aliphatic carbocycles. The monoisotopic (exact) mass is 1740 g/mol. The van der Waals surface area contributed by atoms with Crippen molar-refractivity contribution in [2.45, 2.75) is 163 Å². The lowest BCUT2D eigenvalue weighted by atomic mass is 9.85. The smallest absolute Gasteiger partial charge is 0.349 e. The second-order valence-corrected chi connectivity index (χ2v) is 31.2. The molecular weight excluding hydrogens is 1660 g/mol.